The Morgan fingerprint density at radius 3 is 0.742 bits per heavy atom. The summed E-state index contributed by atoms with van der Waals surface area (Å²) in [4.78, 5) is 0. The zero-order valence-electron chi connectivity index (χ0n) is 84.4. The molecule has 2 aliphatic rings. The van der Waals surface area contributed by atoms with Gasteiger partial charge in [-0.05, 0) is 213 Å². The van der Waals surface area contributed by atoms with E-state index in [2.05, 4.69) is 338 Å². The largest absolute Gasteiger partial charge is 1.00 e. The predicted octanol–water partition coefficient (Wildman–Crippen LogP) is 28.9. The van der Waals surface area contributed by atoms with E-state index in [0.29, 0.717) is 71.3 Å². The molecule has 0 saturated carbocycles. The second-order valence-electron chi connectivity index (χ2n) is 43.3. The van der Waals surface area contributed by atoms with Crippen LogP contribution in [-0.2, 0) is 81.8 Å². The van der Waals surface area contributed by atoms with Crippen molar-refractivity contribution in [1.29, 1.82) is 0 Å². The molecule has 0 fully saturated rings. The third kappa shape index (κ3) is 27.8. The van der Waals surface area contributed by atoms with Gasteiger partial charge in [-0.3, -0.25) is 0 Å². The minimum Gasteiger partial charge on any atom is -1.00 e. The van der Waals surface area contributed by atoms with Crippen LogP contribution in [0.1, 0.15) is 437 Å². The maximum Gasteiger partial charge on any atom is 1.00 e. The molecule has 9 heteroatoms. The summed E-state index contributed by atoms with van der Waals surface area (Å²) in [5.41, 5.74) is 26.6. The van der Waals surface area contributed by atoms with E-state index in [-0.39, 0.29) is 101 Å². The van der Waals surface area contributed by atoms with Gasteiger partial charge in [0.25, 0.3) is 0 Å². The van der Waals surface area contributed by atoms with Gasteiger partial charge in [0.15, 0.2) is 0 Å². The monoisotopic (exact) mass is 1710 g/mol. The number of hydrogen-bond donors (Lipinski definition) is 1. The number of unbranched alkanes of at least 4 members (excludes halogenated alkanes) is 1. The van der Waals surface area contributed by atoms with Crippen molar-refractivity contribution in [1.82, 2.24) is 0 Å². The number of aromatic hydroxyl groups is 1. The number of ether oxygens (including phenoxy) is 7. The summed E-state index contributed by atoms with van der Waals surface area (Å²) in [5.74, 6) is 7.55. The quantitative estimate of drug-likeness (QED) is 0.0418. The summed E-state index contributed by atoms with van der Waals surface area (Å²) in [7, 11) is 0. The van der Waals surface area contributed by atoms with Gasteiger partial charge in [0.1, 0.15) is 46.0 Å². The Bertz CT molecular complexity index is 4750. The van der Waals surface area contributed by atoms with E-state index in [1.807, 2.05) is 0 Å². The average molecular weight is 1710 g/mol. The van der Waals surface area contributed by atoms with Crippen LogP contribution in [0.25, 0.3) is 0 Å². The first-order valence-electron chi connectivity index (χ1n) is 46.9. The van der Waals surface area contributed by atoms with Gasteiger partial charge in [0.05, 0.1) is 46.2 Å². The van der Waals surface area contributed by atoms with E-state index < -0.39 is 0 Å². The van der Waals surface area contributed by atoms with E-state index >= 15 is 0 Å². The second-order valence-corrected chi connectivity index (χ2v) is 43.3. The molecule has 0 aromatic heterocycles. The number of rotatable bonds is 32. The van der Waals surface area contributed by atoms with E-state index in [0.717, 1.165) is 127 Å². The van der Waals surface area contributed by atoms with E-state index in [1.54, 1.807) is 0 Å². The van der Waals surface area contributed by atoms with Crippen molar-refractivity contribution >= 4 is 0 Å². The van der Waals surface area contributed by atoms with Crippen LogP contribution < -0.4 is 62.7 Å². The molecule has 0 heterocycles. The third-order valence-corrected chi connectivity index (χ3v) is 23.9. The van der Waals surface area contributed by atoms with E-state index in [9.17, 15) is 5.11 Å². The molecule has 124 heavy (non-hydrogen) atoms. The fourth-order valence-corrected chi connectivity index (χ4v) is 16.1. The normalized spacial score (nSPS) is 13.9. The molecule has 0 amide bonds. The van der Waals surface area contributed by atoms with Crippen molar-refractivity contribution in [3.63, 3.8) is 0 Å². The molecule has 1 N–H and O–H groups in total. The van der Waals surface area contributed by atoms with Crippen LogP contribution in [0, 0.1) is 0 Å². The van der Waals surface area contributed by atoms with Crippen molar-refractivity contribution < 1.29 is 69.2 Å². The summed E-state index contributed by atoms with van der Waals surface area (Å²) >= 11 is 0. The number of benzene rings is 8. The fraction of sp³-hybridized carbons (Fsp3) is 0.583. The van der Waals surface area contributed by atoms with Crippen LogP contribution in [0.15, 0.2) is 109 Å². The van der Waals surface area contributed by atoms with Crippen molar-refractivity contribution in [2.75, 3.05) is 46.2 Å². The van der Waals surface area contributed by atoms with Crippen LogP contribution >= 0.6 is 0 Å². The first-order valence-corrected chi connectivity index (χ1v) is 46.9. The molecule has 0 saturated heterocycles. The first-order chi connectivity index (χ1) is 56.6. The van der Waals surface area contributed by atoms with Crippen LogP contribution in [0.5, 0.6) is 46.0 Å². The summed E-state index contributed by atoms with van der Waals surface area (Å²) in [5, 5.41) is 12.4. The molecule has 8 aromatic carbocycles. The molecule has 2 aliphatic carbocycles. The topological polar surface area (TPSA) is 84.8 Å². The summed E-state index contributed by atoms with van der Waals surface area (Å²) in [6.45, 7) is 79.4. The van der Waals surface area contributed by atoms with Gasteiger partial charge < -0.3 is 39.7 Å². The number of phenols is 1. The van der Waals surface area contributed by atoms with Gasteiger partial charge in [-0.15, -0.1) is 0 Å². The minimum absolute atomic E-state index is 0. The third-order valence-electron chi connectivity index (χ3n) is 23.9. The Labute approximate surface area is 782 Å². The minimum atomic E-state index is -0.126. The second kappa shape index (κ2) is 45.4. The summed E-state index contributed by atoms with van der Waals surface area (Å²) in [6.07, 6.45) is 13.6. The Morgan fingerprint density at radius 1 is 0.250 bits per heavy atom. The number of phenolic OH excluding ortho intramolecular Hbond substituents is 1. The average Bonchev–Trinajstić information content (AvgIpc) is 1.67. The summed E-state index contributed by atoms with van der Waals surface area (Å²) in [6, 6.07) is 41.9. The molecule has 10 rings (SSSR count). The van der Waals surface area contributed by atoms with Crippen molar-refractivity contribution in [3.8, 4) is 46.0 Å². The van der Waals surface area contributed by atoms with Gasteiger partial charge in [0.2, 0.25) is 0 Å². The zero-order chi connectivity index (χ0) is 89.7. The van der Waals surface area contributed by atoms with Gasteiger partial charge >= 0.3 is 29.6 Å². The van der Waals surface area contributed by atoms with E-state index in [1.165, 1.54) is 113 Å². The SMILES string of the molecule is C.C.CCCC.CCCOc1ccc(C(C)(C)C)cc1Cc1cc(C(C)(C)C)cc(Cc2cc(C(C)(C)C)cc(C3Cc4cc(C(C)(C)C)cc3c4OCCC)c2OCCC)c1O.CCCOc1ccc(C(C)(C)C)cc1Cc1cc(C(C)(C)C)cc(Cc2cc(C(C)(C)C)cc(C3Cc4cc(C(C)(C)C)cc3c4OCCC)c2OCCC)c1OCCC.[H-].[Na+]. The summed E-state index contributed by atoms with van der Waals surface area (Å²) < 4.78 is 46.7. The van der Waals surface area contributed by atoms with E-state index in [4.69, 9.17) is 33.2 Å². The Morgan fingerprint density at radius 2 is 0.460 bits per heavy atom. The Kier molecular flexibility index (Phi) is 39.4. The smallest absolute Gasteiger partial charge is 1.00 e. The molecular weight excluding hydrogens is 1530 g/mol. The van der Waals surface area contributed by atoms with Crippen molar-refractivity contribution in [2.45, 2.75) is 395 Å². The molecule has 2 unspecified atom stereocenters. The predicted molar refractivity (Wildman–Crippen MR) is 531 cm³/mol. The maximum absolute atomic E-state index is 12.4. The molecule has 0 aliphatic heterocycles. The Hall–Kier alpha value is -6.84. The Balaban J connectivity index is 0.000000488. The van der Waals surface area contributed by atoms with Gasteiger partial charge in [0, 0.05) is 59.8 Å². The van der Waals surface area contributed by atoms with Crippen LogP contribution in [0.3, 0.4) is 0 Å². The molecule has 0 radical (unpaired) electrons. The number of hydrogen-bond acceptors (Lipinski definition) is 8. The molecular formula is C115H173NaO8. The molecule has 8 nitrogen and oxygen atoms in total. The van der Waals surface area contributed by atoms with Crippen LogP contribution in [0.4, 0.5) is 0 Å². The van der Waals surface area contributed by atoms with Gasteiger partial charge in [-0.1, -0.05) is 353 Å². The number of fused-ring (bicyclic) bond motifs is 4. The van der Waals surface area contributed by atoms with Crippen LogP contribution in [-0.4, -0.2) is 51.4 Å². The molecule has 8 aromatic rings. The fourth-order valence-electron chi connectivity index (χ4n) is 16.1. The van der Waals surface area contributed by atoms with Crippen molar-refractivity contribution in [2.24, 2.45) is 0 Å². The molecule has 4 bridgehead atoms. The molecule has 2 atom stereocenters. The first kappa shape index (κ1) is 108. The van der Waals surface area contributed by atoms with Gasteiger partial charge in [-0.2, -0.15) is 0 Å². The maximum atomic E-state index is 12.4. The van der Waals surface area contributed by atoms with Crippen LogP contribution in [0.2, 0.25) is 0 Å². The molecule has 682 valence electrons. The standard InChI is InChI=1S/C56H80O4.C53H74O4.C4H10.2CH4.Na.H/c1-17-23-57-49-22-21-42(53(5,6)7)29-37(49)27-38-30-43(54(8,9)10)31-39(50(38)58-24-18-2)28-40-32-44(55(11,12)13)35-47(51(40)59-25-19-3)46-34-41-33-45(56(14,15)16)36-48(46)52(41)60-26-20-4;1-16-21-55-46-20-19-39(50(4,5)6)26-34(46)24-35-27-40(51(7,8)9)28-36(47(35)54)25-37-29-41(52(10,11)12)32-44(48(37)56-22-17-2)43-31-38-30-42(53(13,14)15)33-45(43)49(38)57-23-18-3;1-3-4-2;;;;/h21-22,29-33,35-36,46H,17-20,23-28,34H2,1-16H3;19-20,26-30,32-33,43,54H,16-18,21-25,31H2,1-15H3;3-4H2,1-2H3;2*1H4;;/q;;;;;+1;-1. The van der Waals surface area contributed by atoms with Crippen molar-refractivity contribution in [3.05, 3.63) is 232 Å². The van der Waals surface area contributed by atoms with Gasteiger partial charge in [-0.25, -0.2) is 0 Å². The molecule has 0 spiro atoms. The zero-order valence-corrected chi connectivity index (χ0v) is 85.4.